The summed E-state index contributed by atoms with van der Waals surface area (Å²) in [5, 5.41) is 26.8. The summed E-state index contributed by atoms with van der Waals surface area (Å²) in [4.78, 5) is 22.0. The maximum absolute atomic E-state index is 11.9. The standard InChI is InChI=1S/C14H15BrN4O4/c1-9-7-13(19(22)23)17-18(9)6-2-3-14(21)16-11-8-10(15)4-5-12(11)20/h4-5,7-8,20H,2-3,6H2,1H3,(H,16,21). The number of rotatable bonds is 6. The van der Waals surface area contributed by atoms with Crippen LogP contribution in [-0.2, 0) is 11.3 Å². The van der Waals surface area contributed by atoms with E-state index in [0.29, 0.717) is 24.3 Å². The second kappa shape index (κ2) is 7.23. The quantitative estimate of drug-likeness (QED) is 0.453. The topological polar surface area (TPSA) is 110 Å². The van der Waals surface area contributed by atoms with Gasteiger partial charge in [0.2, 0.25) is 5.91 Å². The predicted octanol–water partition coefficient (Wildman–Crippen LogP) is 2.99. The van der Waals surface area contributed by atoms with Crippen molar-refractivity contribution in [3.05, 3.63) is 44.5 Å². The van der Waals surface area contributed by atoms with Crippen molar-refractivity contribution in [1.82, 2.24) is 9.78 Å². The van der Waals surface area contributed by atoms with E-state index in [4.69, 9.17) is 0 Å². The van der Waals surface area contributed by atoms with Gasteiger partial charge in [0.25, 0.3) is 0 Å². The minimum atomic E-state index is -0.549. The van der Waals surface area contributed by atoms with E-state index < -0.39 is 4.92 Å². The summed E-state index contributed by atoms with van der Waals surface area (Å²) in [6.45, 7) is 2.12. The largest absolute Gasteiger partial charge is 0.506 e. The number of nitrogens with zero attached hydrogens (tertiary/aromatic N) is 3. The number of hydrogen-bond donors (Lipinski definition) is 2. The van der Waals surface area contributed by atoms with Crippen molar-refractivity contribution in [2.45, 2.75) is 26.3 Å². The molecule has 2 aromatic rings. The van der Waals surface area contributed by atoms with Crippen molar-refractivity contribution in [2.24, 2.45) is 0 Å². The molecule has 0 bridgehead atoms. The molecule has 1 amide bonds. The fraction of sp³-hybridized carbons (Fsp3) is 0.286. The number of aryl methyl sites for hydroxylation is 2. The van der Waals surface area contributed by atoms with Gasteiger partial charge in [-0.15, -0.1) is 0 Å². The first-order valence-corrected chi connectivity index (χ1v) is 7.63. The number of nitro groups is 1. The van der Waals surface area contributed by atoms with Gasteiger partial charge in [-0.2, -0.15) is 4.68 Å². The predicted molar refractivity (Wildman–Crippen MR) is 87.3 cm³/mol. The van der Waals surface area contributed by atoms with Crippen LogP contribution in [0.5, 0.6) is 5.75 Å². The van der Waals surface area contributed by atoms with E-state index in [1.807, 2.05) is 0 Å². The number of anilines is 1. The Bertz CT molecular complexity index is 744. The fourth-order valence-corrected chi connectivity index (χ4v) is 2.38. The number of nitrogens with one attached hydrogen (secondary N) is 1. The summed E-state index contributed by atoms with van der Waals surface area (Å²) in [7, 11) is 0. The van der Waals surface area contributed by atoms with Gasteiger partial charge in [0, 0.05) is 10.9 Å². The number of hydrogen-bond acceptors (Lipinski definition) is 5. The summed E-state index contributed by atoms with van der Waals surface area (Å²) < 4.78 is 2.24. The van der Waals surface area contributed by atoms with Crippen LogP contribution in [0.4, 0.5) is 11.5 Å². The van der Waals surface area contributed by atoms with Crippen LogP contribution in [0.25, 0.3) is 0 Å². The van der Waals surface area contributed by atoms with Gasteiger partial charge >= 0.3 is 5.82 Å². The average Bonchev–Trinajstić information content (AvgIpc) is 2.85. The molecule has 0 saturated carbocycles. The lowest BCUT2D eigenvalue weighted by atomic mass is 10.2. The molecule has 0 spiro atoms. The van der Waals surface area contributed by atoms with Gasteiger partial charge in [-0.1, -0.05) is 15.9 Å². The van der Waals surface area contributed by atoms with Crippen LogP contribution in [0.15, 0.2) is 28.7 Å². The highest BCUT2D eigenvalue weighted by Gasteiger charge is 2.15. The van der Waals surface area contributed by atoms with Crippen molar-refractivity contribution >= 4 is 33.3 Å². The normalized spacial score (nSPS) is 10.5. The number of amides is 1. The van der Waals surface area contributed by atoms with Gasteiger partial charge in [0.1, 0.15) is 5.75 Å². The van der Waals surface area contributed by atoms with E-state index in [1.165, 1.54) is 16.8 Å². The molecule has 1 heterocycles. The van der Waals surface area contributed by atoms with E-state index in [0.717, 1.165) is 4.47 Å². The second-order valence-electron chi connectivity index (χ2n) is 4.94. The molecule has 0 saturated heterocycles. The average molecular weight is 383 g/mol. The summed E-state index contributed by atoms with van der Waals surface area (Å²) in [5.74, 6) is -0.469. The van der Waals surface area contributed by atoms with Gasteiger partial charge in [-0.25, -0.2) is 0 Å². The molecular weight excluding hydrogens is 368 g/mol. The SMILES string of the molecule is Cc1cc([N+](=O)[O-])nn1CCCC(=O)Nc1cc(Br)ccc1O. The Hall–Kier alpha value is -2.42. The van der Waals surface area contributed by atoms with Gasteiger partial charge in [-0.3, -0.25) is 4.79 Å². The third kappa shape index (κ3) is 4.52. The maximum Gasteiger partial charge on any atom is 0.390 e. The Morgan fingerprint density at radius 1 is 1.48 bits per heavy atom. The molecule has 1 aromatic carbocycles. The first kappa shape index (κ1) is 16.9. The number of carbonyl (C=O) groups is 1. The highest BCUT2D eigenvalue weighted by molar-refractivity contribution is 9.10. The molecule has 1 aromatic heterocycles. The molecule has 122 valence electrons. The second-order valence-corrected chi connectivity index (χ2v) is 5.85. The Morgan fingerprint density at radius 2 is 2.22 bits per heavy atom. The van der Waals surface area contributed by atoms with Crippen LogP contribution >= 0.6 is 15.9 Å². The van der Waals surface area contributed by atoms with Gasteiger partial charge in [0.05, 0.1) is 29.1 Å². The van der Waals surface area contributed by atoms with Gasteiger partial charge in [-0.05, 0) is 36.5 Å². The van der Waals surface area contributed by atoms with E-state index in [2.05, 4.69) is 26.3 Å². The lowest BCUT2D eigenvalue weighted by molar-refractivity contribution is -0.389. The molecule has 8 nitrogen and oxygen atoms in total. The summed E-state index contributed by atoms with van der Waals surface area (Å²) >= 11 is 3.26. The molecular formula is C14H15BrN4O4. The number of carbonyl (C=O) groups excluding carboxylic acids is 1. The summed E-state index contributed by atoms with van der Waals surface area (Å²) in [6.07, 6.45) is 0.680. The maximum atomic E-state index is 11.9. The van der Waals surface area contributed by atoms with E-state index in [9.17, 15) is 20.0 Å². The van der Waals surface area contributed by atoms with Crippen molar-refractivity contribution < 1.29 is 14.8 Å². The highest BCUT2D eigenvalue weighted by Crippen LogP contribution is 2.26. The molecule has 0 fully saturated rings. The molecule has 0 radical (unpaired) electrons. The minimum absolute atomic E-state index is 0.0138. The number of aromatic hydroxyl groups is 1. The van der Waals surface area contributed by atoms with Crippen LogP contribution in [0.2, 0.25) is 0 Å². The zero-order valence-electron chi connectivity index (χ0n) is 12.3. The van der Waals surface area contributed by atoms with Crippen molar-refractivity contribution in [2.75, 3.05) is 5.32 Å². The number of benzene rings is 1. The van der Waals surface area contributed by atoms with Gasteiger partial charge < -0.3 is 20.5 Å². The molecule has 0 aliphatic carbocycles. The van der Waals surface area contributed by atoms with E-state index in [1.54, 1.807) is 19.1 Å². The van der Waals surface area contributed by atoms with Gasteiger partial charge in [0.15, 0.2) is 0 Å². The Kier molecular flexibility index (Phi) is 5.32. The third-order valence-corrected chi connectivity index (χ3v) is 3.66. The highest BCUT2D eigenvalue weighted by atomic mass is 79.9. The molecule has 9 heteroatoms. The molecule has 0 aliphatic heterocycles. The van der Waals surface area contributed by atoms with Crippen molar-refractivity contribution in [3.63, 3.8) is 0 Å². The molecule has 0 aliphatic rings. The fourth-order valence-electron chi connectivity index (χ4n) is 2.02. The number of halogens is 1. The minimum Gasteiger partial charge on any atom is -0.506 e. The van der Waals surface area contributed by atoms with E-state index >= 15 is 0 Å². The number of aromatic nitrogens is 2. The number of phenols is 1. The third-order valence-electron chi connectivity index (χ3n) is 3.16. The number of phenolic OH excluding ortho intramolecular Hbond substituents is 1. The van der Waals surface area contributed by atoms with Crippen LogP contribution in [0, 0.1) is 17.0 Å². The van der Waals surface area contributed by atoms with E-state index in [-0.39, 0.29) is 23.9 Å². The van der Waals surface area contributed by atoms with Crippen LogP contribution in [-0.4, -0.2) is 25.7 Å². The Labute approximate surface area is 140 Å². The first-order valence-electron chi connectivity index (χ1n) is 6.84. The molecule has 2 N–H and O–H groups in total. The Morgan fingerprint density at radius 3 is 2.87 bits per heavy atom. The summed E-state index contributed by atoms with van der Waals surface area (Å²) in [5.41, 5.74) is 0.997. The van der Waals surface area contributed by atoms with Crippen molar-refractivity contribution in [3.8, 4) is 5.75 Å². The molecule has 0 atom stereocenters. The smallest absolute Gasteiger partial charge is 0.390 e. The molecule has 0 unspecified atom stereocenters. The van der Waals surface area contributed by atoms with Crippen LogP contribution in [0.1, 0.15) is 18.5 Å². The lowest BCUT2D eigenvalue weighted by Crippen LogP contribution is -2.13. The zero-order chi connectivity index (χ0) is 17.0. The molecule has 23 heavy (non-hydrogen) atoms. The Balaban J connectivity index is 1.87. The molecule has 2 rings (SSSR count). The van der Waals surface area contributed by atoms with Crippen LogP contribution in [0.3, 0.4) is 0 Å². The summed E-state index contributed by atoms with van der Waals surface area (Å²) in [6, 6.07) is 6.14. The monoisotopic (exact) mass is 382 g/mol. The first-order chi connectivity index (χ1) is 10.9. The van der Waals surface area contributed by atoms with Crippen molar-refractivity contribution in [1.29, 1.82) is 0 Å². The van der Waals surface area contributed by atoms with Crippen LogP contribution < -0.4 is 5.32 Å². The lowest BCUT2D eigenvalue weighted by Gasteiger charge is -2.07. The zero-order valence-corrected chi connectivity index (χ0v) is 13.9.